The topological polar surface area (TPSA) is 51.0 Å². The molecule has 15 heavy (non-hydrogen) atoms. The van der Waals surface area contributed by atoms with Gasteiger partial charge in [-0.25, -0.2) is 0 Å². The van der Waals surface area contributed by atoms with Gasteiger partial charge in [-0.15, -0.1) is 16.7 Å². The van der Waals surface area contributed by atoms with Gasteiger partial charge in [-0.3, -0.25) is 0 Å². The molecule has 1 aliphatic rings. The van der Waals surface area contributed by atoms with E-state index in [2.05, 4.69) is 22.4 Å². The first-order valence-corrected chi connectivity index (χ1v) is 5.93. The molecule has 4 nitrogen and oxygen atoms in total. The summed E-state index contributed by atoms with van der Waals surface area (Å²) < 4.78 is 5.25. The Morgan fingerprint density at radius 3 is 2.93 bits per heavy atom. The van der Waals surface area contributed by atoms with Crippen molar-refractivity contribution in [2.75, 3.05) is 11.9 Å². The van der Waals surface area contributed by atoms with Crippen LogP contribution in [0.5, 0.6) is 0 Å². The summed E-state index contributed by atoms with van der Waals surface area (Å²) in [6.07, 6.45) is 3.93. The molecular weight excluding hydrogens is 214 g/mol. The minimum Gasteiger partial charge on any atom is -0.407 e. The van der Waals surface area contributed by atoms with Crippen molar-refractivity contribution >= 4 is 17.6 Å². The van der Waals surface area contributed by atoms with E-state index >= 15 is 0 Å². The molecule has 2 rings (SSSR count). The number of halogens is 1. The molecule has 84 valence electrons. The minimum atomic E-state index is 0.273. The van der Waals surface area contributed by atoms with Gasteiger partial charge in [-0.2, -0.15) is 0 Å². The second-order valence-corrected chi connectivity index (χ2v) is 4.57. The van der Waals surface area contributed by atoms with Gasteiger partial charge in [0.15, 0.2) is 0 Å². The number of hydrogen-bond acceptors (Lipinski definition) is 4. The van der Waals surface area contributed by atoms with Crippen molar-refractivity contribution in [2.45, 2.75) is 32.1 Å². The standard InChI is InChI=1S/C10H16ClN3O/c1-7-2-3-8(4-7)6-12-10-14-13-9(5-11)15-10/h7-8H,2-6H2,1H3,(H,12,14). The van der Waals surface area contributed by atoms with Crippen molar-refractivity contribution in [2.24, 2.45) is 11.8 Å². The third-order valence-corrected chi connectivity index (χ3v) is 3.16. The fraction of sp³-hybridized carbons (Fsp3) is 0.800. The summed E-state index contributed by atoms with van der Waals surface area (Å²) in [6.45, 7) is 3.23. The van der Waals surface area contributed by atoms with Crippen LogP contribution in [0.3, 0.4) is 0 Å². The van der Waals surface area contributed by atoms with Crippen LogP contribution in [-0.4, -0.2) is 16.7 Å². The van der Waals surface area contributed by atoms with Crippen LogP contribution >= 0.6 is 11.6 Å². The van der Waals surface area contributed by atoms with E-state index in [1.165, 1.54) is 19.3 Å². The fourth-order valence-electron chi connectivity index (χ4n) is 2.12. The molecule has 1 aliphatic carbocycles. The van der Waals surface area contributed by atoms with Crippen LogP contribution < -0.4 is 5.32 Å². The van der Waals surface area contributed by atoms with Crippen LogP contribution in [0.1, 0.15) is 32.1 Å². The first-order valence-electron chi connectivity index (χ1n) is 5.40. The first-order chi connectivity index (χ1) is 7.28. The lowest BCUT2D eigenvalue weighted by atomic mass is 10.1. The predicted octanol–water partition coefficient (Wildman–Crippen LogP) is 2.66. The van der Waals surface area contributed by atoms with Gasteiger partial charge in [0, 0.05) is 6.54 Å². The number of hydrogen-bond donors (Lipinski definition) is 1. The van der Waals surface area contributed by atoms with E-state index in [1.807, 2.05) is 0 Å². The Balaban J connectivity index is 1.77. The number of rotatable bonds is 4. The first kappa shape index (κ1) is 10.7. The Morgan fingerprint density at radius 1 is 1.47 bits per heavy atom. The summed E-state index contributed by atoms with van der Waals surface area (Å²) in [5.41, 5.74) is 0. The lowest BCUT2D eigenvalue weighted by molar-refractivity contribution is 0.502. The molecule has 1 aromatic rings. The number of anilines is 1. The van der Waals surface area contributed by atoms with E-state index in [0.29, 0.717) is 11.9 Å². The summed E-state index contributed by atoms with van der Waals surface area (Å²) in [5.74, 6) is 2.35. The van der Waals surface area contributed by atoms with Crippen LogP contribution in [0, 0.1) is 11.8 Å². The molecule has 1 fully saturated rings. The van der Waals surface area contributed by atoms with Gasteiger partial charge in [0.2, 0.25) is 5.89 Å². The van der Waals surface area contributed by atoms with Gasteiger partial charge < -0.3 is 9.73 Å². The zero-order chi connectivity index (χ0) is 10.7. The smallest absolute Gasteiger partial charge is 0.315 e. The Bertz CT molecular complexity index is 315. The average Bonchev–Trinajstić information content (AvgIpc) is 2.83. The number of aromatic nitrogens is 2. The van der Waals surface area contributed by atoms with Crippen molar-refractivity contribution in [3.05, 3.63) is 5.89 Å². The third-order valence-electron chi connectivity index (χ3n) is 2.93. The van der Waals surface area contributed by atoms with Crippen molar-refractivity contribution < 1.29 is 4.42 Å². The van der Waals surface area contributed by atoms with E-state index in [1.54, 1.807) is 0 Å². The quantitative estimate of drug-likeness (QED) is 0.807. The molecule has 0 amide bonds. The molecular formula is C10H16ClN3O. The normalized spacial score (nSPS) is 25.7. The van der Waals surface area contributed by atoms with Crippen LogP contribution in [-0.2, 0) is 5.88 Å². The van der Waals surface area contributed by atoms with Crippen molar-refractivity contribution in [3.8, 4) is 0 Å². The third kappa shape index (κ3) is 2.84. The molecule has 2 unspecified atom stereocenters. The molecule has 0 saturated heterocycles. The van der Waals surface area contributed by atoms with Crippen LogP contribution in [0.25, 0.3) is 0 Å². The largest absolute Gasteiger partial charge is 0.407 e. The number of alkyl halides is 1. The lowest BCUT2D eigenvalue weighted by Crippen LogP contribution is -2.11. The highest BCUT2D eigenvalue weighted by Crippen LogP contribution is 2.30. The van der Waals surface area contributed by atoms with Crippen molar-refractivity contribution in [1.29, 1.82) is 0 Å². The summed E-state index contributed by atoms with van der Waals surface area (Å²) in [7, 11) is 0. The molecule has 1 N–H and O–H groups in total. The molecule has 1 heterocycles. The molecule has 1 saturated carbocycles. The Kier molecular flexibility index (Phi) is 3.46. The van der Waals surface area contributed by atoms with Crippen LogP contribution in [0.4, 0.5) is 6.01 Å². The summed E-state index contributed by atoms with van der Waals surface area (Å²) in [5, 5.41) is 10.8. The molecule has 2 atom stereocenters. The van der Waals surface area contributed by atoms with Gasteiger partial charge in [-0.1, -0.05) is 18.4 Å². The number of nitrogens with one attached hydrogen (secondary N) is 1. The predicted molar refractivity (Wildman–Crippen MR) is 58.8 cm³/mol. The van der Waals surface area contributed by atoms with E-state index in [-0.39, 0.29) is 5.88 Å². The van der Waals surface area contributed by atoms with Gasteiger partial charge in [0.05, 0.1) is 0 Å². The van der Waals surface area contributed by atoms with Crippen LogP contribution in [0.15, 0.2) is 4.42 Å². The van der Waals surface area contributed by atoms with Crippen molar-refractivity contribution in [3.63, 3.8) is 0 Å². The zero-order valence-electron chi connectivity index (χ0n) is 8.87. The second-order valence-electron chi connectivity index (χ2n) is 4.30. The van der Waals surface area contributed by atoms with E-state index < -0.39 is 0 Å². The highest BCUT2D eigenvalue weighted by molar-refractivity contribution is 6.16. The molecule has 0 aliphatic heterocycles. The monoisotopic (exact) mass is 229 g/mol. The van der Waals surface area contributed by atoms with E-state index in [0.717, 1.165) is 18.4 Å². The molecule has 1 aromatic heterocycles. The molecule has 5 heteroatoms. The molecule has 0 aromatic carbocycles. The second kappa shape index (κ2) is 4.84. The fourth-order valence-corrected chi connectivity index (χ4v) is 2.23. The Labute approximate surface area is 94.4 Å². The van der Waals surface area contributed by atoms with Gasteiger partial charge >= 0.3 is 6.01 Å². The Morgan fingerprint density at radius 2 is 2.33 bits per heavy atom. The maximum atomic E-state index is 5.56. The molecule has 0 bridgehead atoms. The lowest BCUT2D eigenvalue weighted by Gasteiger charge is -2.08. The number of nitrogens with zero attached hydrogens (tertiary/aromatic N) is 2. The highest BCUT2D eigenvalue weighted by Gasteiger charge is 2.21. The SMILES string of the molecule is CC1CCC(CNc2nnc(CCl)o2)C1. The van der Waals surface area contributed by atoms with E-state index in [9.17, 15) is 0 Å². The maximum absolute atomic E-state index is 5.56. The van der Waals surface area contributed by atoms with E-state index in [4.69, 9.17) is 16.0 Å². The Hall–Kier alpha value is -0.770. The summed E-state index contributed by atoms with van der Waals surface area (Å²) in [6, 6.07) is 0.491. The van der Waals surface area contributed by atoms with Crippen LogP contribution in [0.2, 0.25) is 0 Å². The highest BCUT2D eigenvalue weighted by atomic mass is 35.5. The summed E-state index contributed by atoms with van der Waals surface area (Å²) >= 11 is 5.56. The minimum absolute atomic E-state index is 0.273. The van der Waals surface area contributed by atoms with Crippen molar-refractivity contribution in [1.82, 2.24) is 10.2 Å². The molecule has 0 radical (unpaired) electrons. The molecule has 0 spiro atoms. The zero-order valence-corrected chi connectivity index (χ0v) is 9.63. The maximum Gasteiger partial charge on any atom is 0.315 e. The summed E-state index contributed by atoms with van der Waals surface area (Å²) in [4.78, 5) is 0. The van der Waals surface area contributed by atoms with Gasteiger partial charge in [0.1, 0.15) is 5.88 Å². The van der Waals surface area contributed by atoms with Gasteiger partial charge in [0.25, 0.3) is 0 Å². The average molecular weight is 230 g/mol. The van der Waals surface area contributed by atoms with Gasteiger partial charge in [-0.05, 0) is 24.7 Å².